The molecule has 28 heavy (non-hydrogen) atoms. The summed E-state index contributed by atoms with van der Waals surface area (Å²) in [7, 11) is -0.351. The summed E-state index contributed by atoms with van der Waals surface area (Å²) in [6.45, 7) is 5.27. The minimum absolute atomic E-state index is 0.0219. The Morgan fingerprint density at radius 3 is 2.75 bits per heavy atom. The van der Waals surface area contributed by atoms with Gasteiger partial charge in [-0.2, -0.15) is 0 Å². The highest BCUT2D eigenvalue weighted by Crippen LogP contribution is 2.21. The molecule has 158 valence electrons. The van der Waals surface area contributed by atoms with Gasteiger partial charge in [0.1, 0.15) is 0 Å². The van der Waals surface area contributed by atoms with E-state index in [4.69, 9.17) is 0 Å². The first-order valence-corrected chi connectivity index (χ1v) is 11.8. The Morgan fingerprint density at radius 1 is 1.25 bits per heavy atom. The molecule has 1 aliphatic rings. The third-order valence-corrected chi connectivity index (χ3v) is 7.10. The van der Waals surface area contributed by atoms with Crippen molar-refractivity contribution in [2.45, 2.75) is 56.9 Å². The van der Waals surface area contributed by atoms with Gasteiger partial charge in [0, 0.05) is 33.7 Å². The molecule has 0 saturated carbocycles. The molecule has 6 nitrogen and oxygen atoms in total. The standard InChI is InChI=1S/C21H35N3O3S/c1-4-5-6-7-13-22-21(25)19-11-9-14-24(17-19)16-18-10-8-12-20(15-18)28(26,27)23(2)3/h8,10,12,15,19H,4-7,9,11,13-14,16-17H2,1-3H3,(H,22,25). The topological polar surface area (TPSA) is 69.7 Å². The summed E-state index contributed by atoms with van der Waals surface area (Å²) < 4.78 is 25.9. The number of amides is 1. The van der Waals surface area contributed by atoms with E-state index in [9.17, 15) is 13.2 Å². The molecule has 1 heterocycles. The van der Waals surface area contributed by atoms with Crippen LogP contribution in [0.5, 0.6) is 0 Å². The normalized spacial score (nSPS) is 18.4. The number of sulfonamides is 1. The Labute approximate surface area is 170 Å². The molecule has 1 N–H and O–H groups in total. The number of benzene rings is 1. The fourth-order valence-corrected chi connectivity index (χ4v) is 4.57. The molecule has 2 rings (SSSR count). The van der Waals surface area contributed by atoms with Crippen LogP contribution < -0.4 is 5.32 Å². The molecule has 1 atom stereocenters. The zero-order chi connectivity index (χ0) is 20.6. The number of hydrogen-bond acceptors (Lipinski definition) is 4. The second kappa shape index (κ2) is 10.9. The molecule has 1 aromatic rings. The lowest BCUT2D eigenvalue weighted by molar-refractivity contribution is -0.126. The fourth-order valence-electron chi connectivity index (χ4n) is 3.59. The van der Waals surface area contributed by atoms with Crippen LogP contribution in [0.3, 0.4) is 0 Å². The summed E-state index contributed by atoms with van der Waals surface area (Å²) in [4.78, 5) is 15.0. The van der Waals surface area contributed by atoms with Gasteiger partial charge >= 0.3 is 0 Å². The van der Waals surface area contributed by atoms with Crippen molar-refractivity contribution < 1.29 is 13.2 Å². The SMILES string of the molecule is CCCCCCNC(=O)C1CCCN(Cc2cccc(S(=O)(=O)N(C)C)c2)C1. The maximum atomic E-state index is 12.5. The molecule has 1 aromatic carbocycles. The van der Waals surface area contributed by atoms with Crippen molar-refractivity contribution in [3.63, 3.8) is 0 Å². The summed E-state index contributed by atoms with van der Waals surface area (Å²) in [6.07, 6.45) is 6.54. The quantitative estimate of drug-likeness (QED) is 0.603. The number of hydrogen-bond donors (Lipinski definition) is 1. The van der Waals surface area contributed by atoms with E-state index >= 15 is 0 Å². The van der Waals surface area contributed by atoms with Crippen molar-refractivity contribution in [2.24, 2.45) is 5.92 Å². The summed E-state index contributed by atoms with van der Waals surface area (Å²) in [5, 5.41) is 3.09. The number of carbonyl (C=O) groups excluding carboxylic acids is 1. The summed E-state index contributed by atoms with van der Waals surface area (Å²) in [5.41, 5.74) is 0.962. The number of piperidine rings is 1. The minimum Gasteiger partial charge on any atom is -0.356 e. The molecular weight excluding hydrogens is 374 g/mol. The smallest absolute Gasteiger partial charge is 0.242 e. The van der Waals surface area contributed by atoms with Crippen LogP contribution in [-0.2, 0) is 21.4 Å². The van der Waals surface area contributed by atoms with Gasteiger partial charge in [-0.05, 0) is 43.5 Å². The van der Waals surface area contributed by atoms with Gasteiger partial charge in [0.05, 0.1) is 10.8 Å². The molecule has 0 radical (unpaired) electrons. The van der Waals surface area contributed by atoms with Crippen LogP contribution in [0.25, 0.3) is 0 Å². The molecule has 0 aromatic heterocycles. The summed E-state index contributed by atoms with van der Waals surface area (Å²) >= 11 is 0. The molecule has 1 aliphatic heterocycles. The lowest BCUT2D eigenvalue weighted by Crippen LogP contribution is -2.42. The Kier molecular flexibility index (Phi) is 8.92. The van der Waals surface area contributed by atoms with Crippen molar-refractivity contribution in [3.8, 4) is 0 Å². The number of nitrogens with one attached hydrogen (secondary N) is 1. The number of unbranched alkanes of at least 4 members (excludes halogenated alkanes) is 3. The Hall–Kier alpha value is -1.44. The number of likely N-dealkylation sites (tertiary alicyclic amines) is 1. The van der Waals surface area contributed by atoms with Gasteiger partial charge in [-0.15, -0.1) is 0 Å². The Bertz CT molecular complexity index is 734. The van der Waals surface area contributed by atoms with Crippen LogP contribution >= 0.6 is 0 Å². The van der Waals surface area contributed by atoms with Crippen LogP contribution in [0.2, 0.25) is 0 Å². The second-order valence-corrected chi connectivity index (χ2v) is 10.0. The first-order chi connectivity index (χ1) is 13.3. The van der Waals surface area contributed by atoms with Gasteiger partial charge in [0.2, 0.25) is 15.9 Å². The van der Waals surface area contributed by atoms with Crippen molar-refractivity contribution in [1.29, 1.82) is 0 Å². The highest BCUT2D eigenvalue weighted by Gasteiger charge is 2.26. The zero-order valence-electron chi connectivity index (χ0n) is 17.5. The molecule has 1 fully saturated rings. The van der Waals surface area contributed by atoms with Gasteiger partial charge in [-0.1, -0.05) is 38.3 Å². The average molecular weight is 410 g/mol. The Balaban J connectivity index is 1.90. The summed E-state index contributed by atoms with van der Waals surface area (Å²) in [6, 6.07) is 7.11. The molecule has 7 heteroatoms. The monoisotopic (exact) mass is 409 g/mol. The number of carbonyl (C=O) groups is 1. The molecule has 1 amide bonds. The van der Waals surface area contributed by atoms with Gasteiger partial charge < -0.3 is 5.32 Å². The third-order valence-electron chi connectivity index (χ3n) is 5.29. The molecular formula is C21H35N3O3S. The second-order valence-electron chi connectivity index (χ2n) is 7.86. The van der Waals surface area contributed by atoms with E-state index in [-0.39, 0.29) is 11.8 Å². The van der Waals surface area contributed by atoms with Gasteiger partial charge in [0.25, 0.3) is 0 Å². The summed E-state index contributed by atoms with van der Waals surface area (Å²) in [5.74, 6) is 0.179. The maximum absolute atomic E-state index is 12.5. The van der Waals surface area contributed by atoms with E-state index in [2.05, 4.69) is 17.1 Å². The van der Waals surface area contributed by atoms with Crippen LogP contribution in [0, 0.1) is 5.92 Å². The first-order valence-electron chi connectivity index (χ1n) is 10.4. The highest BCUT2D eigenvalue weighted by molar-refractivity contribution is 7.89. The Morgan fingerprint density at radius 2 is 2.04 bits per heavy atom. The molecule has 0 aliphatic carbocycles. The van der Waals surface area contributed by atoms with E-state index in [1.54, 1.807) is 18.2 Å². The van der Waals surface area contributed by atoms with Crippen LogP contribution in [-0.4, -0.2) is 57.3 Å². The van der Waals surface area contributed by atoms with Gasteiger partial charge in [-0.25, -0.2) is 12.7 Å². The van der Waals surface area contributed by atoms with Crippen LogP contribution in [0.15, 0.2) is 29.2 Å². The predicted molar refractivity (Wildman–Crippen MR) is 112 cm³/mol. The number of nitrogens with zero attached hydrogens (tertiary/aromatic N) is 2. The van der Waals surface area contributed by atoms with E-state index in [1.165, 1.54) is 37.7 Å². The van der Waals surface area contributed by atoms with E-state index in [0.717, 1.165) is 44.5 Å². The lowest BCUT2D eigenvalue weighted by atomic mass is 9.96. The molecule has 1 saturated heterocycles. The minimum atomic E-state index is -3.43. The van der Waals surface area contributed by atoms with Crippen molar-refractivity contribution in [3.05, 3.63) is 29.8 Å². The van der Waals surface area contributed by atoms with Crippen molar-refractivity contribution in [2.75, 3.05) is 33.7 Å². The van der Waals surface area contributed by atoms with Crippen molar-refractivity contribution in [1.82, 2.24) is 14.5 Å². The molecule has 1 unspecified atom stereocenters. The first kappa shape index (κ1) is 22.8. The van der Waals surface area contributed by atoms with E-state index in [0.29, 0.717) is 11.4 Å². The molecule has 0 spiro atoms. The largest absolute Gasteiger partial charge is 0.356 e. The van der Waals surface area contributed by atoms with E-state index in [1.807, 2.05) is 6.07 Å². The van der Waals surface area contributed by atoms with Gasteiger partial charge in [-0.3, -0.25) is 9.69 Å². The zero-order valence-corrected chi connectivity index (χ0v) is 18.3. The van der Waals surface area contributed by atoms with Crippen LogP contribution in [0.4, 0.5) is 0 Å². The lowest BCUT2D eigenvalue weighted by Gasteiger charge is -2.32. The average Bonchev–Trinajstić information content (AvgIpc) is 2.68. The van der Waals surface area contributed by atoms with Crippen molar-refractivity contribution >= 4 is 15.9 Å². The fraction of sp³-hybridized carbons (Fsp3) is 0.667. The molecule has 0 bridgehead atoms. The van der Waals surface area contributed by atoms with Gasteiger partial charge in [0.15, 0.2) is 0 Å². The predicted octanol–water partition coefficient (Wildman–Crippen LogP) is 2.85. The van der Waals surface area contributed by atoms with E-state index < -0.39 is 10.0 Å². The highest BCUT2D eigenvalue weighted by atomic mass is 32.2. The van der Waals surface area contributed by atoms with Crippen LogP contribution in [0.1, 0.15) is 51.0 Å². The third kappa shape index (κ3) is 6.57. The maximum Gasteiger partial charge on any atom is 0.242 e. The number of rotatable bonds is 10.